The smallest absolute Gasteiger partial charge is 0.120 e. The van der Waals surface area contributed by atoms with Crippen molar-refractivity contribution < 1.29 is 4.74 Å². The standard InChI is InChI=1S/C17H19BrClNO/c1-3-21-14-7-8-15(16(18)11-14)17(20-2)10-12-5-4-6-13(19)9-12/h4-9,11,17,20H,3,10H2,1-2H3. The first-order chi connectivity index (χ1) is 10.1. The summed E-state index contributed by atoms with van der Waals surface area (Å²) >= 11 is 9.70. The van der Waals surface area contributed by atoms with Crippen LogP contribution < -0.4 is 10.1 Å². The summed E-state index contributed by atoms with van der Waals surface area (Å²) in [6.45, 7) is 2.65. The summed E-state index contributed by atoms with van der Waals surface area (Å²) in [4.78, 5) is 0. The average molecular weight is 369 g/mol. The topological polar surface area (TPSA) is 21.3 Å². The summed E-state index contributed by atoms with van der Waals surface area (Å²) in [5.74, 6) is 0.880. The Balaban J connectivity index is 2.21. The molecular weight excluding hydrogens is 350 g/mol. The number of likely N-dealkylation sites (N-methyl/N-ethyl adjacent to an activating group) is 1. The van der Waals surface area contributed by atoms with E-state index in [1.165, 1.54) is 11.1 Å². The highest BCUT2D eigenvalue weighted by Crippen LogP contribution is 2.30. The number of nitrogens with one attached hydrogen (secondary N) is 1. The number of ether oxygens (including phenoxy) is 1. The number of hydrogen-bond donors (Lipinski definition) is 1. The molecule has 0 radical (unpaired) electrons. The first kappa shape index (κ1) is 16.3. The highest BCUT2D eigenvalue weighted by Gasteiger charge is 2.14. The molecule has 2 aromatic rings. The summed E-state index contributed by atoms with van der Waals surface area (Å²) in [5, 5.41) is 4.14. The first-order valence-corrected chi connectivity index (χ1v) is 8.15. The molecular formula is C17H19BrClNO. The van der Waals surface area contributed by atoms with Gasteiger partial charge in [0, 0.05) is 15.5 Å². The van der Waals surface area contributed by atoms with Crippen molar-refractivity contribution in [2.75, 3.05) is 13.7 Å². The summed E-state index contributed by atoms with van der Waals surface area (Å²) in [6.07, 6.45) is 0.879. The summed E-state index contributed by atoms with van der Waals surface area (Å²) in [7, 11) is 1.97. The predicted molar refractivity (Wildman–Crippen MR) is 92.3 cm³/mol. The van der Waals surface area contributed by atoms with E-state index in [0.717, 1.165) is 21.7 Å². The maximum atomic E-state index is 6.06. The van der Waals surface area contributed by atoms with E-state index in [1.54, 1.807) is 0 Å². The van der Waals surface area contributed by atoms with Gasteiger partial charge in [-0.3, -0.25) is 0 Å². The molecule has 0 aliphatic heterocycles. The monoisotopic (exact) mass is 367 g/mol. The summed E-state index contributed by atoms with van der Waals surface area (Å²) in [6, 6.07) is 14.3. The van der Waals surface area contributed by atoms with Gasteiger partial charge in [0.1, 0.15) is 5.75 Å². The van der Waals surface area contributed by atoms with Gasteiger partial charge in [-0.2, -0.15) is 0 Å². The number of hydrogen-bond acceptors (Lipinski definition) is 2. The minimum absolute atomic E-state index is 0.216. The van der Waals surface area contributed by atoms with Gasteiger partial charge in [-0.15, -0.1) is 0 Å². The lowest BCUT2D eigenvalue weighted by molar-refractivity contribution is 0.340. The molecule has 0 spiro atoms. The van der Waals surface area contributed by atoms with E-state index >= 15 is 0 Å². The van der Waals surface area contributed by atoms with Gasteiger partial charge >= 0.3 is 0 Å². The zero-order valence-corrected chi connectivity index (χ0v) is 14.5. The van der Waals surface area contributed by atoms with E-state index in [2.05, 4.69) is 33.4 Å². The van der Waals surface area contributed by atoms with Gasteiger partial charge < -0.3 is 10.1 Å². The van der Waals surface area contributed by atoms with Crippen molar-refractivity contribution >= 4 is 27.5 Å². The number of rotatable bonds is 6. The maximum Gasteiger partial charge on any atom is 0.120 e. The molecule has 2 rings (SSSR count). The Labute approximate surface area is 139 Å². The van der Waals surface area contributed by atoms with Crippen LogP contribution in [0.2, 0.25) is 5.02 Å². The molecule has 0 aliphatic carbocycles. The largest absolute Gasteiger partial charge is 0.494 e. The first-order valence-electron chi connectivity index (χ1n) is 6.98. The lowest BCUT2D eigenvalue weighted by Gasteiger charge is -2.19. The van der Waals surface area contributed by atoms with Gasteiger partial charge in [0.2, 0.25) is 0 Å². The van der Waals surface area contributed by atoms with Gasteiger partial charge in [0.05, 0.1) is 6.61 Å². The van der Waals surface area contributed by atoms with Crippen LogP contribution in [0.1, 0.15) is 24.1 Å². The molecule has 0 fully saturated rings. The van der Waals surface area contributed by atoms with E-state index in [1.807, 2.05) is 44.3 Å². The Kier molecular flexibility index (Phi) is 6.09. The third-order valence-electron chi connectivity index (χ3n) is 3.34. The van der Waals surface area contributed by atoms with Gasteiger partial charge in [-0.25, -0.2) is 0 Å². The molecule has 1 atom stereocenters. The Morgan fingerprint density at radius 3 is 2.67 bits per heavy atom. The van der Waals surface area contributed by atoms with Crippen LogP contribution in [0.25, 0.3) is 0 Å². The number of halogens is 2. The highest BCUT2D eigenvalue weighted by atomic mass is 79.9. The molecule has 0 bridgehead atoms. The van der Waals surface area contributed by atoms with Crippen molar-refractivity contribution in [1.29, 1.82) is 0 Å². The SMILES string of the molecule is CCOc1ccc(C(Cc2cccc(Cl)c2)NC)c(Br)c1. The lowest BCUT2D eigenvalue weighted by atomic mass is 9.99. The fourth-order valence-electron chi connectivity index (χ4n) is 2.31. The lowest BCUT2D eigenvalue weighted by Crippen LogP contribution is -2.19. The van der Waals surface area contributed by atoms with Crippen molar-refractivity contribution in [2.45, 2.75) is 19.4 Å². The molecule has 2 nitrogen and oxygen atoms in total. The van der Waals surface area contributed by atoms with Crippen molar-refractivity contribution in [1.82, 2.24) is 5.32 Å². The molecule has 1 unspecified atom stereocenters. The Morgan fingerprint density at radius 1 is 1.24 bits per heavy atom. The van der Waals surface area contributed by atoms with Crippen LogP contribution in [-0.4, -0.2) is 13.7 Å². The zero-order chi connectivity index (χ0) is 15.2. The van der Waals surface area contributed by atoms with Crippen LogP contribution >= 0.6 is 27.5 Å². The maximum absolute atomic E-state index is 6.06. The van der Waals surface area contributed by atoms with Crippen molar-refractivity contribution in [3.8, 4) is 5.75 Å². The van der Waals surface area contributed by atoms with Gasteiger partial charge in [0.15, 0.2) is 0 Å². The fourth-order valence-corrected chi connectivity index (χ4v) is 3.16. The van der Waals surface area contributed by atoms with Crippen molar-refractivity contribution in [2.24, 2.45) is 0 Å². The molecule has 0 saturated heterocycles. The molecule has 2 aromatic carbocycles. The Bertz CT molecular complexity index is 603. The van der Waals surface area contributed by atoms with Crippen LogP contribution in [0.3, 0.4) is 0 Å². The summed E-state index contributed by atoms with van der Waals surface area (Å²) < 4.78 is 6.57. The quantitative estimate of drug-likeness (QED) is 0.774. The minimum Gasteiger partial charge on any atom is -0.494 e. The van der Waals surface area contributed by atoms with E-state index in [9.17, 15) is 0 Å². The Hall–Kier alpha value is -1.03. The molecule has 0 aromatic heterocycles. The normalized spacial score (nSPS) is 12.2. The van der Waals surface area contributed by atoms with Crippen LogP contribution in [-0.2, 0) is 6.42 Å². The second-order valence-electron chi connectivity index (χ2n) is 4.79. The van der Waals surface area contributed by atoms with E-state index < -0.39 is 0 Å². The van der Waals surface area contributed by atoms with Crippen LogP contribution in [0, 0.1) is 0 Å². The molecule has 112 valence electrons. The second kappa shape index (κ2) is 7.83. The third-order valence-corrected chi connectivity index (χ3v) is 4.26. The molecule has 0 amide bonds. The third kappa shape index (κ3) is 4.47. The van der Waals surface area contributed by atoms with Gasteiger partial charge in [-0.05, 0) is 55.8 Å². The average Bonchev–Trinajstić information content (AvgIpc) is 2.46. The zero-order valence-electron chi connectivity index (χ0n) is 12.2. The molecule has 21 heavy (non-hydrogen) atoms. The van der Waals surface area contributed by atoms with Crippen LogP contribution in [0.4, 0.5) is 0 Å². The van der Waals surface area contributed by atoms with E-state index in [-0.39, 0.29) is 6.04 Å². The molecule has 0 saturated carbocycles. The highest BCUT2D eigenvalue weighted by molar-refractivity contribution is 9.10. The minimum atomic E-state index is 0.216. The van der Waals surface area contributed by atoms with Crippen molar-refractivity contribution in [3.63, 3.8) is 0 Å². The molecule has 0 aliphatic rings. The fraction of sp³-hybridized carbons (Fsp3) is 0.294. The van der Waals surface area contributed by atoms with E-state index in [0.29, 0.717) is 6.61 Å². The van der Waals surface area contributed by atoms with E-state index in [4.69, 9.17) is 16.3 Å². The van der Waals surface area contributed by atoms with Crippen molar-refractivity contribution in [3.05, 3.63) is 63.1 Å². The molecule has 0 heterocycles. The van der Waals surface area contributed by atoms with Gasteiger partial charge in [0.25, 0.3) is 0 Å². The van der Waals surface area contributed by atoms with Crippen LogP contribution in [0.5, 0.6) is 5.75 Å². The number of benzene rings is 2. The molecule has 1 N–H and O–H groups in total. The Morgan fingerprint density at radius 2 is 2.05 bits per heavy atom. The predicted octanol–water partition coefficient (Wildman–Crippen LogP) is 5.00. The molecule has 4 heteroatoms. The van der Waals surface area contributed by atoms with Crippen LogP contribution in [0.15, 0.2) is 46.9 Å². The second-order valence-corrected chi connectivity index (χ2v) is 6.08. The van der Waals surface area contributed by atoms with Gasteiger partial charge in [-0.1, -0.05) is 45.7 Å². The summed E-state index contributed by atoms with van der Waals surface area (Å²) in [5.41, 5.74) is 2.42.